The van der Waals surface area contributed by atoms with Gasteiger partial charge in [0.2, 0.25) is 0 Å². The van der Waals surface area contributed by atoms with Crippen molar-refractivity contribution < 1.29 is 4.57 Å². The number of aromatic nitrogens is 2. The second-order valence-corrected chi connectivity index (χ2v) is 6.09. The molecule has 0 fully saturated rings. The Labute approximate surface area is 129 Å². The predicted molar refractivity (Wildman–Crippen MR) is 88.8 cm³/mol. The number of benzene rings is 1. The van der Waals surface area contributed by atoms with Crippen LogP contribution in [0.4, 0.5) is 0 Å². The van der Waals surface area contributed by atoms with Crippen molar-refractivity contribution in [2.45, 2.75) is 65.3 Å². The Kier molecular flexibility index (Phi) is 6.04. The van der Waals surface area contributed by atoms with E-state index in [1.54, 1.807) is 0 Å². The van der Waals surface area contributed by atoms with Crippen molar-refractivity contribution in [2.24, 2.45) is 0 Å². The van der Waals surface area contributed by atoms with Gasteiger partial charge in [0.1, 0.15) is 18.1 Å². The van der Waals surface area contributed by atoms with Crippen LogP contribution in [0, 0.1) is 0 Å². The van der Waals surface area contributed by atoms with Gasteiger partial charge in [-0.2, -0.15) is 4.57 Å². The highest BCUT2D eigenvalue weighted by atomic mass is 15.2. The molecule has 1 aromatic carbocycles. The molecule has 0 aliphatic heterocycles. The summed E-state index contributed by atoms with van der Waals surface area (Å²) in [4.78, 5) is 0. The Bertz CT molecular complexity index is 526. The van der Waals surface area contributed by atoms with Crippen molar-refractivity contribution >= 4 is 0 Å². The van der Waals surface area contributed by atoms with Gasteiger partial charge < -0.3 is 0 Å². The van der Waals surface area contributed by atoms with Gasteiger partial charge >= 0.3 is 0 Å². The molecule has 0 aliphatic rings. The van der Waals surface area contributed by atoms with E-state index in [9.17, 15) is 0 Å². The van der Waals surface area contributed by atoms with E-state index >= 15 is 0 Å². The molecule has 0 unspecified atom stereocenters. The largest absolute Gasteiger partial charge is 0.261 e. The standard InChI is InChI=1S/C19H29N2/c1-4-5-6-7-11-14-19-20(17(2)3)15-16-21(19)18-12-9-8-10-13-18/h8-10,12-13,15-17H,4-7,11,14H2,1-3H3/q+1. The van der Waals surface area contributed by atoms with E-state index in [2.05, 4.69) is 72.6 Å². The van der Waals surface area contributed by atoms with Crippen molar-refractivity contribution in [1.82, 2.24) is 4.57 Å². The molecule has 2 heteroatoms. The SMILES string of the molecule is CCCCCCCc1n(-c2ccccc2)cc[n+]1C(C)C. The Morgan fingerprint density at radius 3 is 2.38 bits per heavy atom. The van der Waals surface area contributed by atoms with Crippen molar-refractivity contribution in [1.29, 1.82) is 0 Å². The summed E-state index contributed by atoms with van der Waals surface area (Å²) in [6.45, 7) is 6.79. The number of rotatable bonds is 8. The predicted octanol–water partition coefficient (Wildman–Crippen LogP) is 4.86. The molecule has 0 saturated heterocycles. The molecule has 0 aliphatic carbocycles. The minimum atomic E-state index is 0.514. The molecule has 0 radical (unpaired) electrons. The number of nitrogens with zero attached hydrogens (tertiary/aromatic N) is 2. The number of unbranched alkanes of at least 4 members (excludes halogenated alkanes) is 4. The molecule has 21 heavy (non-hydrogen) atoms. The zero-order chi connectivity index (χ0) is 15.1. The second kappa shape index (κ2) is 8.02. The van der Waals surface area contributed by atoms with Crippen molar-refractivity contribution in [3.8, 4) is 5.69 Å². The summed E-state index contributed by atoms with van der Waals surface area (Å²) in [5.74, 6) is 1.42. The zero-order valence-electron chi connectivity index (χ0n) is 13.8. The molecule has 1 heterocycles. The molecule has 2 aromatic rings. The highest BCUT2D eigenvalue weighted by molar-refractivity contribution is 5.31. The first-order valence-corrected chi connectivity index (χ1v) is 8.40. The average Bonchev–Trinajstić information content (AvgIpc) is 2.92. The van der Waals surface area contributed by atoms with Crippen molar-refractivity contribution in [3.63, 3.8) is 0 Å². The van der Waals surface area contributed by atoms with Crippen LogP contribution in [0.3, 0.4) is 0 Å². The number of para-hydroxylation sites is 1. The molecule has 2 nitrogen and oxygen atoms in total. The van der Waals surface area contributed by atoms with E-state index < -0.39 is 0 Å². The molecule has 0 bridgehead atoms. The van der Waals surface area contributed by atoms with E-state index in [-0.39, 0.29) is 0 Å². The molecule has 0 saturated carbocycles. The van der Waals surface area contributed by atoms with Crippen molar-refractivity contribution in [3.05, 3.63) is 48.5 Å². The summed E-state index contributed by atoms with van der Waals surface area (Å²) in [5.41, 5.74) is 1.26. The van der Waals surface area contributed by atoms with Gasteiger partial charge in [-0.15, -0.1) is 0 Å². The first kappa shape index (κ1) is 15.8. The molecule has 0 spiro atoms. The van der Waals surface area contributed by atoms with Crippen LogP contribution in [-0.4, -0.2) is 4.57 Å². The normalized spacial score (nSPS) is 11.2. The first-order chi connectivity index (χ1) is 10.2. The fourth-order valence-electron chi connectivity index (χ4n) is 2.87. The topological polar surface area (TPSA) is 8.81 Å². The summed E-state index contributed by atoms with van der Waals surface area (Å²) < 4.78 is 4.76. The Hall–Kier alpha value is -1.57. The lowest BCUT2D eigenvalue weighted by Gasteiger charge is -2.07. The maximum atomic E-state index is 2.41. The maximum Gasteiger partial charge on any atom is 0.261 e. The van der Waals surface area contributed by atoms with Crippen LogP contribution in [0.25, 0.3) is 5.69 Å². The van der Waals surface area contributed by atoms with E-state index in [1.807, 2.05) is 0 Å². The lowest BCUT2D eigenvalue weighted by Crippen LogP contribution is -2.39. The smallest absolute Gasteiger partial charge is 0.232 e. The molecule has 114 valence electrons. The number of hydrogen-bond acceptors (Lipinski definition) is 0. The quantitative estimate of drug-likeness (QED) is 0.484. The Balaban J connectivity index is 2.14. The van der Waals surface area contributed by atoms with Crippen LogP contribution in [0.15, 0.2) is 42.7 Å². The van der Waals surface area contributed by atoms with Gasteiger partial charge in [-0.3, -0.25) is 0 Å². The molecular formula is C19H29N2+. The highest BCUT2D eigenvalue weighted by Crippen LogP contribution is 2.14. The lowest BCUT2D eigenvalue weighted by atomic mass is 10.1. The maximum absolute atomic E-state index is 2.41. The van der Waals surface area contributed by atoms with Crippen LogP contribution in [0.1, 0.15) is 64.7 Å². The molecular weight excluding hydrogens is 256 g/mol. The summed E-state index contributed by atoms with van der Waals surface area (Å²) in [7, 11) is 0. The lowest BCUT2D eigenvalue weighted by molar-refractivity contribution is -0.722. The minimum Gasteiger partial charge on any atom is -0.232 e. The average molecular weight is 285 g/mol. The van der Waals surface area contributed by atoms with Crippen molar-refractivity contribution in [2.75, 3.05) is 0 Å². The summed E-state index contributed by atoms with van der Waals surface area (Å²) in [6.07, 6.45) is 12.2. The molecule has 0 amide bonds. The third-order valence-electron chi connectivity index (χ3n) is 4.05. The van der Waals surface area contributed by atoms with Gasteiger partial charge in [0.25, 0.3) is 5.82 Å². The highest BCUT2D eigenvalue weighted by Gasteiger charge is 2.19. The fourth-order valence-corrected chi connectivity index (χ4v) is 2.87. The van der Waals surface area contributed by atoms with Gasteiger partial charge in [0.05, 0.1) is 6.04 Å². The van der Waals surface area contributed by atoms with E-state index in [0.29, 0.717) is 6.04 Å². The Morgan fingerprint density at radius 1 is 1.00 bits per heavy atom. The van der Waals surface area contributed by atoms with Crippen LogP contribution >= 0.6 is 0 Å². The third-order valence-corrected chi connectivity index (χ3v) is 4.05. The van der Waals surface area contributed by atoms with E-state index in [4.69, 9.17) is 0 Å². The van der Waals surface area contributed by atoms with Gasteiger partial charge in [0.15, 0.2) is 0 Å². The zero-order valence-corrected chi connectivity index (χ0v) is 13.8. The number of imidazole rings is 1. The van der Waals surface area contributed by atoms with Gasteiger partial charge in [-0.25, -0.2) is 4.57 Å². The van der Waals surface area contributed by atoms with E-state index in [0.717, 1.165) is 6.42 Å². The molecule has 2 rings (SSSR count). The third kappa shape index (κ3) is 4.20. The van der Waals surface area contributed by atoms with Gasteiger partial charge in [-0.1, -0.05) is 50.8 Å². The minimum absolute atomic E-state index is 0.514. The summed E-state index contributed by atoms with van der Waals surface area (Å²) in [6, 6.07) is 11.2. The van der Waals surface area contributed by atoms with Gasteiger partial charge in [-0.05, 0) is 32.4 Å². The van der Waals surface area contributed by atoms with Crippen LogP contribution in [-0.2, 0) is 6.42 Å². The Morgan fingerprint density at radius 2 is 1.71 bits per heavy atom. The summed E-state index contributed by atoms with van der Waals surface area (Å²) >= 11 is 0. The second-order valence-electron chi connectivity index (χ2n) is 6.09. The molecule has 1 aromatic heterocycles. The van der Waals surface area contributed by atoms with E-state index in [1.165, 1.54) is 43.6 Å². The fraction of sp³-hybridized carbons (Fsp3) is 0.526. The van der Waals surface area contributed by atoms with Crippen LogP contribution in [0.2, 0.25) is 0 Å². The summed E-state index contributed by atoms with van der Waals surface area (Å²) in [5, 5.41) is 0. The first-order valence-electron chi connectivity index (χ1n) is 8.40. The van der Waals surface area contributed by atoms with Gasteiger partial charge in [0, 0.05) is 6.42 Å². The molecule has 0 atom stereocenters. The van der Waals surface area contributed by atoms with Crippen LogP contribution < -0.4 is 4.57 Å². The number of hydrogen-bond donors (Lipinski definition) is 0. The monoisotopic (exact) mass is 285 g/mol. The van der Waals surface area contributed by atoms with Crippen LogP contribution in [0.5, 0.6) is 0 Å². The molecule has 0 N–H and O–H groups in total.